The fourth-order valence-electron chi connectivity index (χ4n) is 3.32. The van der Waals surface area contributed by atoms with Crippen LogP contribution in [0.3, 0.4) is 0 Å². The maximum atomic E-state index is 11.3. The van der Waals surface area contributed by atoms with Crippen molar-refractivity contribution >= 4 is 17.2 Å². The van der Waals surface area contributed by atoms with Crippen LogP contribution in [0.2, 0.25) is 0 Å². The van der Waals surface area contributed by atoms with Crippen LogP contribution in [-0.4, -0.2) is 39.6 Å². The molecule has 1 aliphatic carbocycles. The van der Waals surface area contributed by atoms with Crippen molar-refractivity contribution in [3.63, 3.8) is 0 Å². The van der Waals surface area contributed by atoms with Gasteiger partial charge in [0.15, 0.2) is 5.82 Å². The third kappa shape index (κ3) is 2.53. The van der Waals surface area contributed by atoms with Crippen molar-refractivity contribution in [3.05, 3.63) is 24.2 Å². The van der Waals surface area contributed by atoms with Gasteiger partial charge in [-0.15, -0.1) is 0 Å². The highest BCUT2D eigenvalue weighted by atomic mass is 16.1. The van der Waals surface area contributed by atoms with Crippen molar-refractivity contribution in [2.24, 2.45) is 0 Å². The molecule has 1 saturated heterocycles. The highest BCUT2D eigenvalue weighted by Crippen LogP contribution is 2.40. The Labute approximate surface area is 129 Å². The van der Waals surface area contributed by atoms with E-state index in [2.05, 4.69) is 26.4 Å². The van der Waals surface area contributed by atoms with Crippen molar-refractivity contribution in [1.82, 2.24) is 19.9 Å². The molecule has 2 aromatic rings. The molecule has 1 atom stereocenters. The summed E-state index contributed by atoms with van der Waals surface area (Å²) < 4.78 is 1.94. The van der Waals surface area contributed by atoms with Gasteiger partial charge in [0.1, 0.15) is 5.52 Å². The second-order valence-corrected chi connectivity index (χ2v) is 6.41. The normalized spacial score (nSPS) is 22.0. The van der Waals surface area contributed by atoms with Gasteiger partial charge < -0.3 is 10.2 Å². The van der Waals surface area contributed by atoms with Gasteiger partial charge in [0, 0.05) is 44.4 Å². The second kappa shape index (κ2) is 5.26. The van der Waals surface area contributed by atoms with Crippen molar-refractivity contribution in [3.8, 4) is 0 Å². The zero-order valence-corrected chi connectivity index (χ0v) is 12.8. The Balaban J connectivity index is 1.63. The molecule has 2 aliphatic rings. The molecule has 1 amide bonds. The average Bonchev–Trinajstić information content (AvgIpc) is 3.25. The van der Waals surface area contributed by atoms with Crippen LogP contribution in [0.4, 0.5) is 5.82 Å². The third-order valence-electron chi connectivity index (χ3n) is 4.51. The highest BCUT2D eigenvalue weighted by molar-refractivity contribution is 5.73. The van der Waals surface area contributed by atoms with Crippen LogP contribution >= 0.6 is 0 Å². The van der Waals surface area contributed by atoms with Gasteiger partial charge in [-0.25, -0.2) is 9.50 Å². The largest absolute Gasteiger partial charge is 0.353 e. The Morgan fingerprint density at radius 2 is 2.23 bits per heavy atom. The predicted octanol–water partition coefficient (Wildman–Crippen LogP) is 1.71. The molecule has 0 radical (unpaired) electrons. The van der Waals surface area contributed by atoms with Crippen LogP contribution in [0.5, 0.6) is 0 Å². The number of nitrogens with zero attached hydrogens (tertiary/aromatic N) is 4. The number of hydrogen-bond donors (Lipinski definition) is 1. The summed E-state index contributed by atoms with van der Waals surface area (Å²) in [6.07, 6.45) is 8.33. The summed E-state index contributed by atoms with van der Waals surface area (Å²) in [7, 11) is 0. The number of carbonyl (C=O) groups excluding carboxylic acids is 1. The lowest BCUT2D eigenvalue weighted by Crippen LogP contribution is -2.47. The Morgan fingerprint density at radius 3 is 3.00 bits per heavy atom. The molecule has 0 spiro atoms. The Bertz CT molecular complexity index is 706. The van der Waals surface area contributed by atoms with Gasteiger partial charge in [-0.2, -0.15) is 5.10 Å². The number of rotatable bonds is 3. The number of nitrogens with one attached hydrogen (secondary N) is 1. The third-order valence-corrected chi connectivity index (χ3v) is 4.51. The summed E-state index contributed by atoms with van der Waals surface area (Å²) in [5.74, 6) is 1.66. The van der Waals surface area contributed by atoms with Gasteiger partial charge >= 0.3 is 0 Å². The predicted molar refractivity (Wildman–Crippen MR) is 84.0 cm³/mol. The molecule has 1 unspecified atom stereocenters. The maximum absolute atomic E-state index is 11.3. The van der Waals surface area contributed by atoms with Crippen LogP contribution < -0.4 is 10.2 Å². The van der Waals surface area contributed by atoms with E-state index in [9.17, 15) is 4.79 Å². The minimum Gasteiger partial charge on any atom is -0.353 e. The monoisotopic (exact) mass is 299 g/mol. The second-order valence-electron chi connectivity index (χ2n) is 6.41. The number of carbonyl (C=O) groups is 1. The lowest BCUT2D eigenvalue weighted by molar-refractivity contribution is -0.119. The van der Waals surface area contributed by atoms with E-state index in [1.54, 1.807) is 6.92 Å². The van der Waals surface area contributed by atoms with E-state index < -0.39 is 0 Å². The standard InChI is InChI=1S/C16H21N5O/c1-11(22)18-13-3-2-7-20(10-13)16-15-9-14(12-4-5-12)19-21(15)8-6-17-16/h6,8-9,12-13H,2-5,7,10H2,1H3,(H,18,22). The zero-order valence-electron chi connectivity index (χ0n) is 12.8. The lowest BCUT2D eigenvalue weighted by Gasteiger charge is -2.33. The number of piperidine rings is 1. The minimum absolute atomic E-state index is 0.0402. The highest BCUT2D eigenvalue weighted by Gasteiger charge is 2.28. The van der Waals surface area contributed by atoms with Crippen molar-refractivity contribution in [1.29, 1.82) is 0 Å². The molecule has 0 bridgehead atoms. The van der Waals surface area contributed by atoms with Crippen LogP contribution in [0.25, 0.3) is 5.52 Å². The topological polar surface area (TPSA) is 62.5 Å². The number of aromatic nitrogens is 3. The summed E-state index contributed by atoms with van der Waals surface area (Å²) in [5.41, 5.74) is 2.26. The van der Waals surface area contributed by atoms with E-state index in [0.717, 1.165) is 37.3 Å². The molecule has 6 nitrogen and oxygen atoms in total. The van der Waals surface area contributed by atoms with Crippen LogP contribution in [0.15, 0.2) is 18.5 Å². The van der Waals surface area contributed by atoms with E-state index in [4.69, 9.17) is 0 Å². The van der Waals surface area contributed by atoms with Gasteiger partial charge in [0.25, 0.3) is 0 Å². The van der Waals surface area contributed by atoms with Gasteiger partial charge in [0.2, 0.25) is 5.91 Å². The van der Waals surface area contributed by atoms with Crippen molar-refractivity contribution in [2.45, 2.75) is 44.6 Å². The molecule has 22 heavy (non-hydrogen) atoms. The number of hydrogen-bond acceptors (Lipinski definition) is 4. The molecule has 2 aromatic heterocycles. The van der Waals surface area contributed by atoms with E-state index in [1.807, 2.05) is 16.9 Å². The Kier molecular flexibility index (Phi) is 3.24. The van der Waals surface area contributed by atoms with Gasteiger partial charge in [-0.3, -0.25) is 4.79 Å². The van der Waals surface area contributed by atoms with Crippen LogP contribution in [-0.2, 0) is 4.79 Å². The summed E-state index contributed by atoms with van der Waals surface area (Å²) in [6, 6.07) is 2.39. The van der Waals surface area contributed by atoms with Crippen LogP contribution in [0.1, 0.15) is 44.2 Å². The molecular weight excluding hydrogens is 278 g/mol. The quantitative estimate of drug-likeness (QED) is 0.937. The molecule has 2 fully saturated rings. The van der Waals surface area contributed by atoms with Gasteiger partial charge in [0.05, 0.1) is 5.69 Å². The first-order chi connectivity index (χ1) is 10.7. The smallest absolute Gasteiger partial charge is 0.217 e. The maximum Gasteiger partial charge on any atom is 0.217 e. The molecule has 116 valence electrons. The van der Waals surface area contributed by atoms with Crippen LogP contribution in [0, 0.1) is 0 Å². The fourth-order valence-corrected chi connectivity index (χ4v) is 3.32. The van der Waals surface area contributed by atoms with E-state index >= 15 is 0 Å². The molecule has 4 rings (SSSR count). The average molecular weight is 299 g/mol. The molecule has 6 heteroatoms. The zero-order chi connectivity index (χ0) is 15.1. The molecule has 0 aromatic carbocycles. The summed E-state index contributed by atoms with van der Waals surface area (Å²) in [4.78, 5) is 18.2. The minimum atomic E-state index is 0.0402. The lowest BCUT2D eigenvalue weighted by atomic mass is 10.1. The number of fused-ring (bicyclic) bond motifs is 1. The molecule has 1 aliphatic heterocycles. The molecular formula is C16H21N5O. The fraction of sp³-hybridized carbons (Fsp3) is 0.562. The first kappa shape index (κ1) is 13.5. The number of amides is 1. The summed E-state index contributed by atoms with van der Waals surface area (Å²) >= 11 is 0. The van der Waals surface area contributed by atoms with E-state index in [-0.39, 0.29) is 11.9 Å². The molecule has 3 heterocycles. The molecule has 1 N–H and O–H groups in total. The summed E-state index contributed by atoms with van der Waals surface area (Å²) in [5, 5.41) is 7.71. The van der Waals surface area contributed by atoms with Gasteiger partial charge in [-0.05, 0) is 31.7 Å². The Hall–Kier alpha value is -2.11. The molecule has 1 saturated carbocycles. The first-order valence-corrected chi connectivity index (χ1v) is 8.07. The number of anilines is 1. The van der Waals surface area contributed by atoms with E-state index in [0.29, 0.717) is 5.92 Å². The Morgan fingerprint density at radius 1 is 1.36 bits per heavy atom. The van der Waals surface area contributed by atoms with E-state index in [1.165, 1.54) is 18.5 Å². The van der Waals surface area contributed by atoms with Crippen molar-refractivity contribution < 1.29 is 4.79 Å². The summed E-state index contributed by atoms with van der Waals surface area (Å²) in [6.45, 7) is 3.37. The first-order valence-electron chi connectivity index (χ1n) is 8.07. The van der Waals surface area contributed by atoms with Crippen molar-refractivity contribution in [2.75, 3.05) is 18.0 Å². The SMILES string of the molecule is CC(=O)NC1CCCN(c2nccn3nc(C4CC4)cc23)C1. The van der Waals surface area contributed by atoms with Gasteiger partial charge in [-0.1, -0.05) is 0 Å².